The van der Waals surface area contributed by atoms with Gasteiger partial charge in [0.2, 0.25) is 0 Å². The Morgan fingerprint density at radius 3 is 2.33 bits per heavy atom. The van der Waals surface area contributed by atoms with E-state index in [-0.39, 0.29) is 31.3 Å². The number of halogens is 6. The van der Waals surface area contributed by atoms with E-state index in [1.165, 1.54) is 12.1 Å². The zero-order chi connectivity index (χ0) is 17.0. The molecule has 0 saturated carbocycles. The summed E-state index contributed by atoms with van der Waals surface area (Å²) in [5.74, 6) is -0.533. The first-order valence-corrected chi connectivity index (χ1v) is 7.24. The lowest BCUT2D eigenvalue weighted by atomic mass is 10.1. The summed E-state index contributed by atoms with van der Waals surface area (Å²) in [6, 6.07) is 8.81. The molecule has 0 aliphatic heterocycles. The number of hydrogen-bond donors (Lipinski definition) is 1. The Balaban J connectivity index is 0.00000288. The molecule has 3 nitrogen and oxygen atoms in total. The highest BCUT2D eigenvalue weighted by atomic mass is 35.5. The first-order valence-electron chi connectivity index (χ1n) is 6.48. The topological polar surface area (TPSA) is 44.5 Å². The molecule has 9 heteroatoms. The zero-order valence-electron chi connectivity index (χ0n) is 12.1. The maximum Gasteiger partial charge on any atom is 0.573 e. The van der Waals surface area contributed by atoms with Gasteiger partial charge in [0.25, 0.3) is 0 Å². The highest BCUT2D eigenvalue weighted by Gasteiger charge is 2.32. The van der Waals surface area contributed by atoms with Gasteiger partial charge in [-0.3, -0.25) is 0 Å². The van der Waals surface area contributed by atoms with Crippen molar-refractivity contribution in [1.29, 1.82) is 0 Å². The Morgan fingerprint density at radius 1 is 1.00 bits per heavy atom. The molecule has 0 unspecified atom stereocenters. The number of alkyl halides is 3. The fraction of sp³-hybridized carbons (Fsp3) is 0.200. The van der Waals surface area contributed by atoms with E-state index < -0.39 is 12.1 Å². The van der Waals surface area contributed by atoms with E-state index in [1.807, 2.05) is 0 Å². The van der Waals surface area contributed by atoms with Gasteiger partial charge in [0.05, 0.1) is 0 Å². The van der Waals surface area contributed by atoms with Crippen LogP contribution in [0.15, 0.2) is 36.4 Å². The second kappa shape index (κ2) is 8.67. The summed E-state index contributed by atoms with van der Waals surface area (Å²) in [6.45, 7) is 0.189. The third kappa shape index (κ3) is 5.63. The van der Waals surface area contributed by atoms with Gasteiger partial charge in [0.1, 0.15) is 6.61 Å². The van der Waals surface area contributed by atoms with Crippen molar-refractivity contribution >= 4 is 35.6 Å². The highest BCUT2D eigenvalue weighted by molar-refractivity contribution is 6.35. The summed E-state index contributed by atoms with van der Waals surface area (Å²) in [6.07, 6.45) is -4.82. The first-order chi connectivity index (χ1) is 10.8. The third-order valence-corrected chi connectivity index (χ3v) is 3.35. The van der Waals surface area contributed by atoms with Crippen molar-refractivity contribution < 1.29 is 22.6 Å². The second-order valence-corrected chi connectivity index (χ2v) is 5.31. The smallest absolute Gasteiger partial charge is 0.488 e. The molecule has 0 fully saturated rings. The van der Waals surface area contributed by atoms with Crippen LogP contribution in [0.1, 0.15) is 0 Å². The van der Waals surface area contributed by atoms with E-state index in [0.717, 1.165) is 6.07 Å². The van der Waals surface area contributed by atoms with Crippen LogP contribution in [0.4, 0.5) is 13.2 Å². The van der Waals surface area contributed by atoms with Gasteiger partial charge in [0.15, 0.2) is 11.5 Å². The molecule has 0 radical (unpaired) electrons. The lowest BCUT2D eigenvalue weighted by Crippen LogP contribution is -2.18. The first kappa shape index (κ1) is 20.7. The number of hydrogen-bond acceptors (Lipinski definition) is 3. The molecule has 0 heterocycles. The molecule has 2 aromatic carbocycles. The molecule has 0 bridgehead atoms. The Labute approximate surface area is 152 Å². The van der Waals surface area contributed by atoms with Gasteiger partial charge in [-0.15, -0.1) is 25.6 Å². The summed E-state index contributed by atoms with van der Waals surface area (Å²) in [5.41, 5.74) is 6.43. The molecule has 0 aliphatic rings. The van der Waals surface area contributed by atoms with Gasteiger partial charge >= 0.3 is 6.36 Å². The van der Waals surface area contributed by atoms with Crippen LogP contribution in [0, 0.1) is 0 Å². The molecule has 2 N–H and O–H groups in total. The molecule has 0 amide bonds. The van der Waals surface area contributed by atoms with Crippen molar-refractivity contribution in [2.24, 2.45) is 5.73 Å². The molecule has 0 saturated heterocycles. The van der Waals surface area contributed by atoms with Gasteiger partial charge in [0, 0.05) is 22.2 Å². The fourth-order valence-electron chi connectivity index (χ4n) is 1.88. The van der Waals surface area contributed by atoms with Crippen molar-refractivity contribution in [3.63, 3.8) is 0 Å². The summed E-state index contributed by atoms with van der Waals surface area (Å²) < 4.78 is 46.5. The Kier molecular flexibility index (Phi) is 7.48. The highest BCUT2D eigenvalue weighted by Crippen LogP contribution is 2.38. The predicted molar refractivity (Wildman–Crippen MR) is 90.4 cm³/mol. The molecule has 0 spiro atoms. The van der Waals surface area contributed by atoms with Crippen molar-refractivity contribution in [3.05, 3.63) is 46.4 Å². The van der Waals surface area contributed by atoms with E-state index in [4.69, 9.17) is 33.7 Å². The van der Waals surface area contributed by atoms with Crippen molar-refractivity contribution in [1.82, 2.24) is 0 Å². The van der Waals surface area contributed by atoms with Gasteiger partial charge in [-0.1, -0.05) is 29.3 Å². The largest absolute Gasteiger partial charge is 0.573 e. The normalized spacial score (nSPS) is 10.9. The van der Waals surface area contributed by atoms with Gasteiger partial charge in [-0.25, -0.2) is 0 Å². The molecule has 2 aromatic rings. The second-order valence-electron chi connectivity index (χ2n) is 4.47. The van der Waals surface area contributed by atoms with Crippen LogP contribution in [0.25, 0.3) is 11.1 Å². The van der Waals surface area contributed by atoms with Crippen molar-refractivity contribution in [2.75, 3.05) is 13.2 Å². The van der Waals surface area contributed by atoms with Gasteiger partial charge in [-0.05, 0) is 35.9 Å². The maximum atomic E-state index is 12.4. The number of nitrogens with two attached hydrogens (primary N) is 1. The summed E-state index contributed by atoms with van der Waals surface area (Å²) >= 11 is 12.0. The van der Waals surface area contributed by atoms with Crippen LogP contribution < -0.4 is 15.2 Å². The minimum absolute atomic E-state index is 0. The minimum atomic E-state index is -4.82. The van der Waals surface area contributed by atoms with Crippen LogP contribution in [0.5, 0.6) is 11.5 Å². The number of benzene rings is 2. The summed E-state index contributed by atoms with van der Waals surface area (Å²) in [4.78, 5) is 0. The van der Waals surface area contributed by atoms with E-state index in [2.05, 4.69) is 4.74 Å². The fourth-order valence-corrected chi connectivity index (χ4v) is 2.28. The third-order valence-electron chi connectivity index (χ3n) is 2.78. The summed E-state index contributed by atoms with van der Waals surface area (Å²) in [7, 11) is 0. The van der Waals surface area contributed by atoms with Crippen LogP contribution >= 0.6 is 35.6 Å². The lowest BCUT2D eigenvalue weighted by molar-refractivity contribution is -0.275. The Hall–Kier alpha value is -1.34. The monoisotopic (exact) mass is 401 g/mol. The average molecular weight is 403 g/mol. The van der Waals surface area contributed by atoms with Crippen LogP contribution in [-0.4, -0.2) is 19.5 Å². The summed E-state index contributed by atoms with van der Waals surface area (Å²) in [5, 5.41) is 0.855. The van der Waals surface area contributed by atoms with E-state index in [9.17, 15) is 13.2 Å². The van der Waals surface area contributed by atoms with E-state index >= 15 is 0 Å². The molecule has 0 aliphatic carbocycles. The molecule has 0 aromatic heterocycles. The van der Waals surface area contributed by atoms with Crippen LogP contribution in [0.2, 0.25) is 10.0 Å². The average Bonchev–Trinajstić information content (AvgIpc) is 2.47. The maximum absolute atomic E-state index is 12.4. The van der Waals surface area contributed by atoms with Crippen LogP contribution in [0.3, 0.4) is 0 Å². The van der Waals surface area contributed by atoms with E-state index in [1.54, 1.807) is 18.2 Å². The minimum Gasteiger partial charge on any atom is -0.488 e. The standard InChI is InChI=1S/C15H12Cl2F3NO2.ClH/c16-10-2-3-12(17)11(8-10)9-1-4-13(23-15(18,19)20)14(7-9)22-6-5-21;/h1-4,7-8H,5-6,21H2;1H. The zero-order valence-corrected chi connectivity index (χ0v) is 14.4. The molecule has 24 heavy (non-hydrogen) atoms. The van der Waals surface area contributed by atoms with Crippen LogP contribution in [-0.2, 0) is 0 Å². The molecule has 132 valence electrons. The molecule has 2 rings (SSSR count). The van der Waals surface area contributed by atoms with E-state index in [0.29, 0.717) is 21.2 Å². The Morgan fingerprint density at radius 2 is 1.71 bits per heavy atom. The van der Waals surface area contributed by atoms with Crippen molar-refractivity contribution in [3.8, 4) is 22.6 Å². The van der Waals surface area contributed by atoms with Crippen molar-refractivity contribution in [2.45, 2.75) is 6.36 Å². The predicted octanol–water partition coefficient (Wildman–Crippen LogP) is 5.32. The molecule has 0 atom stereocenters. The number of rotatable bonds is 5. The van der Waals surface area contributed by atoms with Gasteiger partial charge < -0.3 is 15.2 Å². The molecular formula is C15H13Cl3F3NO2. The van der Waals surface area contributed by atoms with Gasteiger partial charge in [-0.2, -0.15) is 0 Å². The number of ether oxygens (including phenoxy) is 2. The molecular weight excluding hydrogens is 390 g/mol. The lowest BCUT2D eigenvalue weighted by Gasteiger charge is -2.15. The SMILES string of the molecule is Cl.NCCOc1cc(-c2cc(Cl)ccc2Cl)ccc1OC(F)(F)F. The quantitative estimate of drug-likeness (QED) is 0.736. The Bertz CT molecular complexity index is 696.